The number of nitrogens with one attached hydrogen (secondary N) is 1. The SMILES string of the molecule is CNC(C)Cc1noc(-c2cc(S(=O)(=O)N3CCOCC3)ccc2OC)n1. The summed E-state index contributed by atoms with van der Waals surface area (Å²) in [5.41, 5.74) is 0.447. The van der Waals surface area contributed by atoms with Crippen molar-refractivity contribution in [1.29, 1.82) is 0 Å². The van der Waals surface area contributed by atoms with Gasteiger partial charge in [-0.1, -0.05) is 5.16 Å². The average Bonchev–Trinajstić information content (AvgIpc) is 3.16. The van der Waals surface area contributed by atoms with Gasteiger partial charge in [0.05, 0.1) is 30.8 Å². The third-order valence-corrected chi connectivity index (χ3v) is 6.35. The predicted molar refractivity (Wildman–Crippen MR) is 98.1 cm³/mol. The van der Waals surface area contributed by atoms with Crippen LogP contribution < -0.4 is 10.1 Å². The summed E-state index contributed by atoms with van der Waals surface area (Å²) < 4.78 is 43.2. The third-order valence-electron chi connectivity index (χ3n) is 4.46. The molecule has 9 nitrogen and oxygen atoms in total. The number of likely N-dealkylation sites (N-methyl/N-ethyl adjacent to an activating group) is 1. The highest BCUT2D eigenvalue weighted by Gasteiger charge is 2.28. The number of sulfonamides is 1. The molecule has 0 spiro atoms. The van der Waals surface area contributed by atoms with Crippen LogP contribution in [0.1, 0.15) is 12.7 Å². The zero-order valence-electron chi connectivity index (χ0n) is 15.6. The fourth-order valence-electron chi connectivity index (χ4n) is 2.77. The predicted octanol–water partition coefficient (Wildman–Crippen LogP) is 0.916. The van der Waals surface area contributed by atoms with Crippen LogP contribution in [0.2, 0.25) is 0 Å². The number of aromatic nitrogens is 2. The van der Waals surface area contributed by atoms with Crippen molar-refractivity contribution in [3.63, 3.8) is 0 Å². The monoisotopic (exact) mass is 396 g/mol. The number of hydrogen-bond acceptors (Lipinski definition) is 8. The first-order valence-electron chi connectivity index (χ1n) is 8.72. The van der Waals surface area contributed by atoms with Gasteiger partial charge in [-0.3, -0.25) is 0 Å². The molecule has 0 radical (unpaired) electrons. The fraction of sp³-hybridized carbons (Fsp3) is 0.529. The van der Waals surface area contributed by atoms with Gasteiger partial charge in [-0.15, -0.1) is 0 Å². The van der Waals surface area contributed by atoms with Crippen LogP contribution in [0.3, 0.4) is 0 Å². The van der Waals surface area contributed by atoms with Crippen LogP contribution in [0.15, 0.2) is 27.6 Å². The molecule has 1 aromatic heterocycles. The second-order valence-corrected chi connectivity index (χ2v) is 8.23. The molecular weight excluding hydrogens is 372 g/mol. The normalized spacial score (nSPS) is 17.0. The lowest BCUT2D eigenvalue weighted by Gasteiger charge is -2.26. The van der Waals surface area contributed by atoms with Crippen molar-refractivity contribution >= 4 is 10.0 Å². The van der Waals surface area contributed by atoms with E-state index in [4.69, 9.17) is 14.0 Å². The van der Waals surface area contributed by atoms with E-state index in [1.807, 2.05) is 14.0 Å². The maximum Gasteiger partial charge on any atom is 0.261 e. The van der Waals surface area contributed by atoms with E-state index in [-0.39, 0.29) is 16.8 Å². The molecule has 2 aromatic rings. The third kappa shape index (κ3) is 4.29. The minimum atomic E-state index is -3.64. The molecule has 1 saturated heterocycles. The number of rotatable bonds is 7. The summed E-state index contributed by atoms with van der Waals surface area (Å²) in [4.78, 5) is 4.54. The molecule has 3 rings (SSSR count). The first-order chi connectivity index (χ1) is 13.0. The Morgan fingerprint density at radius 1 is 1.33 bits per heavy atom. The van der Waals surface area contributed by atoms with Gasteiger partial charge in [0, 0.05) is 25.6 Å². The van der Waals surface area contributed by atoms with Gasteiger partial charge in [0.25, 0.3) is 5.89 Å². The van der Waals surface area contributed by atoms with Crippen LogP contribution in [0.25, 0.3) is 11.5 Å². The summed E-state index contributed by atoms with van der Waals surface area (Å²) in [6, 6.07) is 4.82. The van der Waals surface area contributed by atoms with Crippen molar-refractivity contribution in [2.24, 2.45) is 0 Å². The van der Waals surface area contributed by atoms with E-state index in [1.54, 1.807) is 6.07 Å². The summed E-state index contributed by atoms with van der Waals surface area (Å²) in [7, 11) is -0.271. The molecule has 1 N–H and O–H groups in total. The maximum atomic E-state index is 12.9. The smallest absolute Gasteiger partial charge is 0.261 e. The standard InChI is InChI=1S/C17H24N4O5S/c1-12(18-2)10-16-19-17(26-20-16)14-11-13(4-5-15(14)24-3)27(22,23)21-6-8-25-9-7-21/h4-5,11-12,18H,6-10H2,1-3H3. The van der Waals surface area contributed by atoms with Gasteiger partial charge >= 0.3 is 0 Å². The molecule has 27 heavy (non-hydrogen) atoms. The van der Waals surface area contributed by atoms with Crippen molar-refractivity contribution in [3.8, 4) is 17.2 Å². The molecule has 2 heterocycles. The lowest BCUT2D eigenvalue weighted by molar-refractivity contribution is 0.0730. The van der Waals surface area contributed by atoms with Crippen LogP contribution >= 0.6 is 0 Å². The molecular formula is C17H24N4O5S. The Morgan fingerprint density at radius 2 is 2.07 bits per heavy atom. The van der Waals surface area contributed by atoms with Crippen molar-refractivity contribution in [1.82, 2.24) is 19.8 Å². The molecule has 148 valence electrons. The molecule has 0 amide bonds. The van der Waals surface area contributed by atoms with Crippen LogP contribution in [0.5, 0.6) is 5.75 Å². The van der Waals surface area contributed by atoms with Crippen molar-refractivity contribution in [2.45, 2.75) is 24.3 Å². The Labute approximate surface area is 158 Å². The zero-order valence-corrected chi connectivity index (χ0v) is 16.5. The molecule has 1 fully saturated rings. The summed E-state index contributed by atoms with van der Waals surface area (Å²) in [6.45, 7) is 3.44. The molecule has 1 aromatic carbocycles. The van der Waals surface area contributed by atoms with Gasteiger partial charge in [-0.25, -0.2) is 8.42 Å². The zero-order chi connectivity index (χ0) is 19.4. The Balaban J connectivity index is 1.94. The molecule has 0 aliphatic carbocycles. The van der Waals surface area contributed by atoms with E-state index in [0.29, 0.717) is 49.9 Å². The quantitative estimate of drug-likeness (QED) is 0.736. The van der Waals surface area contributed by atoms with Crippen molar-refractivity contribution in [2.75, 3.05) is 40.5 Å². The minimum absolute atomic E-state index is 0.156. The van der Waals surface area contributed by atoms with E-state index >= 15 is 0 Å². The van der Waals surface area contributed by atoms with Gasteiger partial charge in [0.15, 0.2) is 5.82 Å². The summed E-state index contributed by atoms with van der Waals surface area (Å²) in [6.07, 6.45) is 0.591. The Kier molecular flexibility index (Phi) is 6.10. The van der Waals surface area contributed by atoms with Crippen molar-refractivity contribution in [3.05, 3.63) is 24.0 Å². The summed E-state index contributed by atoms with van der Waals surface area (Å²) >= 11 is 0. The van der Waals surface area contributed by atoms with Gasteiger partial charge in [-0.05, 0) is 32.2 Å². The number of morpholine rings is 1. The average molecular weight is 396 g/mol. The first-order valence-corrected chi connectivity index (χ1v) is 10.2. The number of hydrogen-bond donors (Lipinski definition) is 1. The highest BCUT2D eigenvalue weighted by molar-refractivity contribution is 7.89. The number of ether oxygens (including phenoxy) is 2. The van der Waals surface area contributed by atoms with Crippen LogP contribution in [-0.4, -0.2) is 69.4 Å². The highest BCUT2D eigenvalue weighted by atomic mass is 32.2. The number of benzene rings is 1. The minimum Gasteiger partial charge on any atom is -0.496 e. The van der Waals surface area contributed by atoms with E-state index < -0.39 is 10.0 Å². The largest absolute Gasteiger partial charge is 0.496 e. The van der Waals surface area contributed by atoms with E-state index in [2.05, 4.69) is 15.5 Å². The highest BCUT2D eigenvalue weighted by Crippen LogP contribution is 2.32. The number of nitrogens with zero attached hydrogens (tertiary/aromatic N) is 3. The number of methoxy groups -OCH3 is 1. The molecule has 10 heteroatoms. The molecule has 1 atom stereocenters. The van der Waals surface area contributed by atoms with E-state index in [0.717, 1.165) is 0 Å². The maximum absolute atomic E-state index is 12.9. The molecule has 0 bridgehead atoms. The second kappa shape index (κ2) is 8.34. The first kappa shape index (κ1) is 19.7. The Bertz CT molecular complexity index is 877. The fourth-order valence-corrected chi connectivity index (χ4v) is 4.21. The van der Waals surface area contributed by atoms with Crippen LogP contribution in [-0.2, 0) is 21.2 Å². The van der Waals surface area contributed by atoms with Gasteiger partial charge < -0.3 is 19.3 Å². The summed E-state index contributed by atoms with van der Waals surface area (Å²) in [5, 5.41) is 7.09. The van der Waals surface area contributed by atoms with Gasteiger partial charge in [0.1, 0.15) is 5.75 Å². The van der Waals surface area contributed by atoms with Crippen LogP contribution in [0.4, 0.5) is 0 Å². The topological polar surface area (TPSA) is 107 Å². The lowest BCUT2D eigenvalue weighted by Crippen LogP contribution is -2.40. The van der Waals surface area contributed by atoms with Gasteiger partial charge in [0.2, 0.25) is 10.0 Å². The molecule has 0 saturated carbocycles. The van der Waals surface area contributed by atoms with Crippen LogP contribution in [0, 0.1) is 0 Å². The molecule has 1 aliphatic rings. The van der Waals surface area contributed by atoms with Crippen molar-refractivity contribution < 1.29 is 22.4 Å². The molecule has 1 unspecified atom stereocenters. The Morgan fingerprint density at radius 3 is 2.74 bits per heavy atom. The lowest BCUT2D eigenvalue weighted by atomic mass is 10.2. The Hall–Kier alpha value is -2.01. The molecule has 1 aliphatic heterocycles. The second-order valence-electron chi connectivity index (χ2n) is 6.29. The van der Waals surface area contributed by atoms with Gasteiger partial charge in [-0.2, -0.15) is 9.29 Å². The van der Waals surface area contributed by atoms with E-state index in [1.165, 1.54) is 23.5 Å². The van der Waals surface area contributed by atoms with E-state index in [9.17, 15) is 8.42 Å². The summed E-state index contributed by atoms with van der Waals surface area (Å²) in [5.74, 6) is 1.23.